The zero-order valence-electron chi connectivity index (χ0n) is 14.5. The molecule has 0 radical (unpaired) electrons. The number of thiocarbonyl (C=S) groups is 1. The van der Waals surface area contributed by atoms with Crippen LogP contribution in [0.2, 0.25) is 0 Å². The summed E-state index contributed by atoms with van der Waals surface area (Å²) in [7, 11) is 0. The number of hydrazine groups is 1. The highest BCUT2D eigenvalue weighted by molar-refractivity contribution is 7.80. The molecule has 0 unspecified atom stereocenters. The monoisotopic (exact) mass is 382 g/mol. The van der Waals surface area contributed by atoms with Crippen molar-refractivity contribution in [3.05, 3.63) is 65.9 Å². The van der Waals surface area contributed by atoms with Gasteiger partial charge in [-0.1, -0.05) is 18.2 Å². The Hall–Kier alpha value is -3.39. The molecule has 1 heterocycles. The summed E-state index contributed by atoms with van der Waals surface area (Å²) in [6.45, 7) is 2.07. The van der Waals surface area contributed by atoms with Crippen LogP contribution in [0.25, 0.3) is 10.9 Å². The van der Waals surface area contributed by atoms with Crippen LogP contribution in [-0.2, 0) is 4.74 Å². The zero-order valence-corrected chi connectivity index (χ0v) is 15.4. The first-order chi connectivity index (χ1) is 13.1. The molecule has 0 aliphatic rings. The molecular formula is C19H18N4O3S. The summed E-state index contributed by atoms with van der Waals surface area (Å²) < 4.78 is 4.93. The average molecular weight is 382 g/mol. The van der Waals surface area contributed by atoms with Crippen molar-refractivity contribution in [3.63, 3.8) is 0 Å². The van der Waals surface area contributed by atoms with E-state index < -0.39 is 0 Å². The minimum atomic E-state index is -0.379. The van der Waals surface area contributed by atoms with Crippen molar-refractivity contribution in [2.75, 3.05) is 11.9 Å². The molecule has 0 aliphatic carbocycles. The van der Waals surface area contributed by atoms with Gasteiger partial charge in [0.25, 0.3) is 5.91 Å². The predicted molar refractivity (Wildman–Crippen MR) is 108 cm³/mol. The van der Waals surface area contributed by atoms with Gasteiger partial charge in [0.1, 0.15) is 0 Å². The number of aromatic nitrogens is 1. The number of esters is 1. The van der Waals surface area contributed by atoms with Crippen LogP contribution in [-0.4, -0.2) is 28.6 Å². The van der Waals surface area contributed by atoms with Gasteiger partial charge in [-0.2, -0.15) is 0 Å². The number of benzene rings is 2. The van der Waals surface area contributed by atoms with Gasteiger partial charge in [-0.25, -0.2) is 4.79 Å². The topological polar surface area (TPSA) is 95.2 Å². The van der Waals surface area contributed by atoms with Crippen LogP contribution in [0.5, 0.6) is 0 Å². The molecule has 0 bridgehead atoms. The van der Waals surface area contributed by atoms with Gasteiger partial charge < -0.3 is 15.0 Å². The SMILES string of the molecule is CCOC(=O)c1ccc(NC(=S)NNC(=O)c2c[nH]c3ccccc23)cc1. The van der Waals surface area contributed by atoms with Crippen molar-refractivity contribution >= 4 is 45.8 Å². The van der Waals surface area contributed by atoms with Crippen molar-refractivity contribution in [1.29, 1.82) is 0 Å². The summed E-state index contributed by atoms with van der Waals surface area (Å²) in [5.74, 6) is -0.690. The molecule has 3 aromatic rings. The second-order valence-electron chi connectivity index (χ2n) is 5.58. The second-order valence-corrected chi connectivity index (χ2v) is 5.99. The highest BCUT2D eigenvalue weighted by Gasteiger charge is 2.12. The van der Waals surface area contributed by atoms with Crippen LogP contribution in [0, 0.1) is 0 Å². The van der Waals surface area contributed by atoms with Crippen LogP contribution in [0.15, 0.2) is 54.7 Å². The first kappa shape index (κ1) is 18.4. The minimum Gasteiger partial charge on any atom is -0.462 e. The van der Waals surface area contributed by atoms with E-state index in [1.165, 1.54) is 0 Å². The fourth-order valence-electron chi connectivity index (χ4n) is 2.51. The first-order valence-corrected chi connectivity index (χ1v) is 8.70. The molecule has 1 aromatic heterocycles. The third-order valence-corrected chi connectivity index (χ3v) is 3.98. The van der Waals surface area contributed by atoms with Crippen LogP contribution in [0.4, 0.5) is 5.69 Å². The summed E-state index contributed by atoms with van der Waals surface area (Å²) in [5, 5.41) is 3.96. The molecule has 0 atom stereocenters. The van der Waals surface area contributed by atoms with Crippen molar-refractivity contribution < 1.29 is 14.3 Å². The summed E-state index contributed by atoms with van der Waals surface area (Å²) in [6, 6.07) is 14.2. The van der Waals surface area contributed by atoms with Crippen LogP contribution in [0.1, 0.15) is 27.6 Å². The zero-order chi connectivity index (χ0) is 19.2. The summed E-state index contributed by atoms with van der Waals surface area (Å²) in [6.07, 6.45) is 1.65. The van der Waals surface area contributed by atoms with E-state index >= 15 is 0 Å². The number of rotatable bonds is 4. The lowest BCUT2D eigenvalue weighted by atomic mass is 10.2. The molecule has 27 heavy (non-hydrogen) atoms. The summed E-state index contributed by atoms with van der Waals surface area (Å²) in [5.41, 5.74) is 7.73. The Morgan fingerprint density at radius 2 is 1.81 bits per heavy atom. The maximum atomic E-state index is 12.3. The summed E-state index contributed by atoms with van der Waals surface area (Å²) in [4.78, 5) is 27.0. The molecule has 8 heteroatoms. The number of amides is 1. The Balaban J connectivity index is 1.55. The number of anilines is 1. The van der Waals surface area contributed by atoms with Gasteiger partial charge in [-0.05, 0) is 49.5 Å². The van der Waals surface area contributed by atoms with Crippen molar-refractivity contribution in [1.82, 2.24) is 15.8 Å². The number of hydrogen-bond acceptors (Lipinski definition) is 4. The molecule has 2 aromatic carbocycles. The average Bonchev–Trinajstić information content (AvgIpc) is 3.11. The molecule has 0 saturated carbocycles. The number of H-pyrrole nitrogens is 1. The third kappa shape index (κ3) is 4.42. The fourth-order valence-corrected chi connectivity index (χ4v) is 2.68. The van der Waals surface area contributed by atoms with Gasteiger partial charge >= 0.3 is 5.97 Å². The number of aromatic amines is 1. The molecule has 138 valence electrons. The Morgan fingerprint density at radius 1 is 1.07 bits per heavy atom. The van der Waals surface area contributed by atoms with E-state index in [1.807, 2.05) is 24.3 Å². The van der Waals surface area contributed by atoms with E-state index in [9.17, 15) is 9.59 Å². The predicted octanol–water partition coefficient (Wildman–Crippen LogP) is 2.98. The molecule has 0 saturated heterocycles. The molecular weight excluding hydrogens is 364 g/mol. The second kappa shape index (κ2) is 8.33. The highest BCUT2D eigenvalue weighted by atomic mass is 32.1. The van der Waals surface area contributed by atoms with Gasteiger partial charge in [-0.3, -0.25) is 15.6 Å². The molecule has 0 fully saturated rings. The lowest BCUT2D eigenvalue weighted by Crippen LogP contribution is -2.43. The number of nitrogens with one attached hydrogen (secondary N) is 4. The highest BCUT2D eigenvalue weighted by Crippen LogP contribution is 2.17. The summed E-state index contributed by atoms with van der Waals surface area (Å²) >= 11 is 5.17. The maximum absolute atomic E-state index is 12.3. The lowest BCUT2D eigenvalue weighted by Gasteiger charge is -2.11. The van der Waals surface area contributed by atoms with Gasteiger partial charge in [0.05, 0.1) is 17.7 Å². The third-order valence-electron chi connectivity index (χ3n) is 3.78. The molecule has 0 aliphatic heterocycles. The first-order valence-electron chi connectivity index (χ1n) is 8.29. The van der Waals surface area contributed by atoms with Gasteiger partial charge in [0.2, 0.25) is 0 Å². The standard InChI is InChI=1S/C19H18N4O3S/c1-2-26-18(25)12-7-9-13(10-8-12)21-19(27)23-22-17(24)15-11-20-16-6-4-3-5-14(15)16/h3-11,20H,2H2,1H3,(H,22,24)(H2,21,23,27). The number of fused-ring (bicyclic) bond motifs is 1. The number of hydrogen-bond donors (Lipinski definition) is 4. The lowest BCUT2D eigenvalue weighted by molar-refractivity contribution is 0.0526. The van der Waals surface area contributed by atoms with E-state index in [4.69, 9.17) is 17.0 Å². The number of para-hydroxylation sites is 1. The number of carbonyl (C=O) groups excluding carboxylic acids is 2. The molecule has 1 amide bonds. The number of ether oxygens (including phenoxy) is 1. The molecule has 7 nitrogen and oxygen atoms in total. The Bertz CT molecular complexity index is 982. The van der Waals surface area contributed by atoms with E-state index in [2.05, 4.69) is 21.2 Å². The van der Waals surface area contributed by atoms with Gasteiger partial charge in [0.15, 0.2) is 5.11 Å². The van der Waals surface area contributed by atoms with E-state index in [0.29, 0.717) is 23.4 Å². The van der Waals surface area contributed by atoms with Gasteiger partial charge in [-0.15, -0.1) is 0 Å². The molecule has 4 N–H and O–H groups in total. The van der Waals surface area contributed by atoms with E-state index in [1.54, 1.807) is 37.4 Å². The number of carbonyl (C=O) groups is 2. The fraction of sp³-hybridized carbons (Fsp3) is 0.105. The van der Waals surface area contributed by atoms with Crippen molar-refractivity contribution in [2.45, 2.75) is 6.92 Å². The molecule has 3 rings (SSSR count). The smallest absolute Gasteiger partial charge is 0.338 e. The van der Waals surface area contributed by atoms with Crippen LogP contribution >= 0.6 is 12.2 Å². The van der Waals surface area contributed by atoms with Gasteiger partial charge in [0, 0.05) is 22.8 Å². The Kier molecular flexibility index (Phi) is 5.68. The van der Waals surface area contributed by atoms with Crippen molar-refractivity contribution in [3.8, 4) is 0 Å². The van der Waals surface area contributed by atoms with Crippen LogP contribution in [0.3, 0.4) is 0 Å². The normalized spacial score (nSPS) is 10.3. The quantitative estimate of drug-likeness (QED) is 0.315. The van der Waals surface area contributed by atoms with E-state index in [0.717, 1.165) is 10.9 Å². The Morgan fingerprint density at radius 3 is 2.56 bits per heavy atom. The largest absolute Gasteiger partial charge is 0.462 e. The molecule has 0 spiro atoms. The van der Waals surface area contributed by atoms with Crippen molar-refractivity contribution in [2.24, 2.45) is 0 Å². The maximum Gasteiger partial charge on any atom is 0.338 e. The Labute approximate surface area is 161 Å². The van der Waals surface area contributed by atoms with E-state index in [-0.39, 0.29) is 17.0 Å². The van der Waals surface area contributed by atoms with Crippen LogP contribution < -0.4 is 16.2 Å². The minimum absolute atomic E-state index is 0.215.